The fourth-order valence-corrected chi connectivity index (χ4v) is 6.48. The Bertz CT molecular complexity index is 1100. The van der Waals surface area contributed by atoms with Crippen LogP contribution in [0.4, 0.5) is 0 Å². The molecule has 0 fully saturated rings. The van der Waals surface area contributed by atoms with Gasteiger partial charge in [0.05, 0.1) is 6.26 Å². The molecule has 5 rings (SSSR count). The third-order valence-electron chi connectivity index (χ3n) is 5.38. The Balaban J connectivity index is 1.76. The average molecular weight is 394 g/mol. The van der Waals surface area contributed by atoms with Gasteiger partial charge in [0.15, 0.2) is 0 Å². The molecule has 0 N–H and O–H groups in total. The first-order valence-corrected chi connectivity index (χ1v) is 11.3. The summed E-state index contributed by atoms with van der Waals surface area (Å²) in [4.78, 5) is 0. The van der Waals surface area contributed by atoms with Gasteiger partial charge >= 0.3 is 0 Å². The van der Waals surface area contributed by atoms with Crippen molar-refractivity contribution in [2.75, 3.05) is 0 Å². The molecule has 3 aromatic carbocycles. The smallest absolute Gasteiger partial charge is 0.135 e. The predicted octanol–water partition coefficient (Wildman–Crippen LogP) is 5.70. The van der Waals surface area contributed by atoms with E-state index in [9.17, 15) is 0 Å². The Kier molecular flexibility index (Phi) is 4.49. The Labute approximate surface area is 173 Å². The van der Waals surface area contributed by atoms with Gasteiger partial charge in [-0.15, -0.1) is 0 Å². The van der Waals surface area contributed by atoms with E-state index in [1.807, 2.05) is 6.26 Å². The van der Waals surface area contributed by atoms with Crippen molar-refractivity contribution in [1.82, 2.24) is 0 Å². The number of fused-ring (bicyclic) bond motifs is 3. The van der Waals surface area contributed by atoms with Crippen LogP contribution in [0.2, 0.25) is 0 Å². The van der Waals surface area contributed by atoms with Gasteiger partial charge in [-0.25, -0.2) is 0 Å². The van der Waals surface area contributed by atoms with Crippen LogP contribution in [0, 0.1) is 5.41 Å². The molecule has 0 aromatic heterocycles. The van der Waals surface area contributed by atoms with Crippen molar-refractivity contribution in [1.29, 1.82) is 0 Å². The van der Waals surface area contributed by atoms with Gasteiger partial charge in [0.1, 0.15) is 5.75 Å². The summed E-state index contributed by atoms with van der Waals surface area (Å²) in [6.45, 7) is 4.50. The molecule has 2 heteroatoms. The molecular weight excluding hydrogens is 371 g/mol. The lowest BCUT2D eigenvalue weighted by molar-refractivity contribution is 0.471. The van der Waals surface area contributed by atoms with E-state index < -0.39 is 7.92 Å². The lowest BCUT2D eigenvalue weighted by atomic mass is 9.80. The highest BCUT2D eigenvalue weighted by Gasteiger charge is 2.30. The van der Waals surface area contributed by atoms with E-state index in [2.05, 4.69) is 111 Å². The van der Waals surface area contributed by atoms with Crippen LogP contribution < -0.4 is 20.7 Å². The topological polar surface area (TPSA) is 9.23 Å². The van der Waals surface area contributed by atoms with Crippen molar-refractivity contribution in [2.24, 2.45) is 5.41 Å². The van der Waals surface area contributed by atoms with Crippen LogP contribution in [0.25, 0.3) is 5.57 Å². The molecule has 0 radical (unpaired) electrons. The molecule has 1 nitrogen and oxygen atoms in total. The van der Waals surface area contributed by atoms with E-state index in [0.29, 0.717) is 0 Å². The van der Waals surface area contributed by atoms with Gasteiger partial charge in [-0.1, -0.05) is 105 Å². The maximum Gasteiger partial charge on any atom is 0.135 e. The summed E-state index contributed by atoms with van der Waals surface area (Å²) in [5, 5.41) is 4.05. The molecule has 29 heavy (non-hydrogen) atoms. The van der Waals surface area contributed by atoms with Crippen LogP contribution >= 0.6 is 7.92 Å². The van der Waals surface area contributed by atoms with Crippen LogP contribution in [-0.2, 0) is 0 Å². The van der Waals surface area contributed by atoms with E-state index in [0.717, 1.165) is 11.3 Å². The van der Waals surface area contributed by atoms with Crippen molar-refractivity contribution in [3.05, 3.63) is 114 Å². The zero-order valence-electron chi connectivity index (χ0n) is 16.7. The summed E-state index contributed by atoms with van der Waals surface area (Å²) in [6, 6.07) is 28.2. The Morgan fingerprint density at radius 3 is 2.07 bits per heavy atom. The standard InChI is InChI=1S/C27H23OP/c1-27(2)17-16-20-19-28-24-14-9-15-25(26(24)23(20)18-27)29(21-10-5-3-6-11-21)22-12-7-4-8-13-22/h3-19H,1-2H3. The summed E-state index contributed by atoms with van der Waals surface area (Å²) >= 11 is 0. The first-order valence-electron chi connectivity index (χ1n) is 9.95. The quantitative estimate of drug-likeness (QED) is 0.518. The lowest BCUT2D eigenvalue weighted by Crippen LogP contribution is -2.25. The molecule has 1 aliphatic carbocycles. The monoisotopic (exact) mass is 394 g/mol. The molecule has 3 aromatic rings. The second-order valence-corrected chi connectivity index (χ2v) is 10.2. The second-order valence-electron chi connectivity index (χ2n) is 8.06. The van der Waals surface area contributed by atoms with Gasteiger partial charge in [0.2, 0.25) is 0 Å². The van der Waals surface area contributed by atoms with Crippen LogP contribution in [0.15, 0.2) is 109 Å². The summed E-state index contributed by atoms with van der Waals surface area (Å²) in [7, 11) is -0.696. The highest BCUT2D eigenvalue weighted by atomic mass is 31.1. The molecule has 1 aliphatic heterocycles. The Morgan fingerprint density at radius 1 is 0.759 bits per heavy atom. The van der Waals surface area contributed by atoms with Gasteiger partial charge in [0, 0.05) is 16.6 Å². The normalized spacial score (nSPS) is 16.4. The lowest BCUT2D eigenvalue weighted by Gasteiger charge is -2.31. The van der Waals surface area contributed by atoms with Crippen LogP contribution in [0.5, 0.6) is 5.75 Å². The number of rotatable bonds is 3. The van der Waals surface area contributed by atoms with E-state index in [-0.39, 0.29) is 5.41 Å². The Morgan fingerprint density at radius 2 is 1.41 bits per heavy atom. The van der Waals surface area contributed by atoms with Crippen LogP contribution in [-0.4, -0.2) is 0 Å². The van der Waals surface area contributed by atoms with Crippen molar-refractivity contribution in [2.45, 2.75) is 13.8 Å². The van der Waals surface area contributed by atoms with E-state index in [1.54, 1.807) is 0 Å². The van der Waals surface area contributed by atoms with E-state index in [4.69, 9.17) is 4.74 Å². The molecule has 0 unspecified atom stereocenters. The largest absolute Gasteiger partial charge is 0.464 e. The highest BCUT2D eigenvalue weighted by Crippen LogP contribution is 2.45. The summed E-state index contributed by atoms with van der Waals surface area (Å²) in [6.07, 6.45) is 8.71. The summed E-state index contributed by atoms with van der Waals surface area (Å²) in [5.74, 6) is 0.947. The van der Waals surface area contributed by atoms with Gasteiger partial charge in [-0.05, 0) is 35.5 Å². The summed E-state index contributed by atoms with van der Waals surface area (Å²) in [5.41, 5.74) is 3.70. The number of hydrogen-bond donors (Lipinski definition) is 0. The SMILES string of the molecule is CC1(C)C=CC2=COc3cccc(P(c4ccccc4)c4ccccc4)c3C2=C1. The fourth-order valence-electron chi connectivity index (χ4n) is 4.00. The van der Waals surface area contributed by atoms with E-state index >= 15 is 0 Å². The third kappa shape index (κ3) is 3.37. The molecule has 0 saturated heterocycles. The first kappa shape index (κ1) is 18.2. The Hall–Kier alpha value is -2.89. The number of hydrogen-bond acceptors (Lipinski definition) is 1. The maximum absolute atomic E-state index is 6.08. The number of benzene rings is 3. The first-order chi connectivity index (χ1) is 14.1. The molecule has 2 aliphatic rings. The minimum atomic E-state index is -0.696. The molecule has 0 amide bonds. The molecule has 0 atom stereocenters. The molecule has 0 bridgehead atoms. The molecular formula is C27H23OP. The van der Waals surface area contributed by atoms with Crippen LogP contribution in [0.3, 0.4) is 0 Å². The van der Waals surface area contributed by atoms with Crippen molar-refractivity contribution in [3.63, 3.8) is 0 Å². The third-order valence-corrected chi connectivity index (χ3v) is 7.86. The molecule has 0 spiro atoms. The van der Waals surface area contributed by atoms with Crippen molar-refractivity contribution in [3.8, 4) is 5.75 Å². The zero-order valence-corrected chi connectivity index (χ0v) is 17.6. The van der Waals surface area contributed by atoms with E-state index in [1.165, 1.54) is 27.1 Å². The molecule has 0 saturated carbocycles. The fraction of sp³-hybridized carbons (Fsp3) is 0.111. The number of allylic oxidation sites excluding steroid dienone is 5. The predicted molar refractivity (Wildman–Crippen MR) is 125 cm³/mol. The molecule has 142 valence electrons. The van der Waals surface area contributed by atoms with Crippen LogP contribution in [0.1, 0.15) is 19.4 Å². The van der Waals surface area contributed by atoms with Crippen molar-refractivity contribution < 1.29 is 4.74 Å². The van der Waals surface area contributed by atoms with Gasteiger partial charge in [-0.3, -0.25) is 0 Å². The average Bonchev–Trinajstić information content (AvgIpc) is 2.75. The van der Waals surface area contributed by atoms with Gasteiger partial charge in [0.25, 0.3) is 0 Å². The molecule has 1 heterocycles. The van der Waals surface area contributed by atoms with Gasteiger partial charge < -0.3 is 4.74 Å². The minimum Gasteiger partial charge on any atom is -0.464 e. The highest BCUT2D eigenvalue weighted by molar-refractivity contribution is 7.80. The van der Waals surface area contributed by atoms with Crippen molar-refractivity contribution >= 4 is 29.4 Å². The number of ether oxygens (including phenoxy) is 1. The zero-order chi connectivity index (χ0) is 19.8. The summed E-state index contributed by atoms with van der Waals surface area (Å²) < 4.78 is 6.08. The van der Waals surface area contributed by atoms with Gasteiger partial charge in [-0.2, -0.15) is 0 Å². The minimum absolute atomic E-state index is 0.0244. The maximum atomic E-state index is 6.08. The second kappa shape index (κ2) is 7.17.